The zero-order valence-corrected chi connectivity index (χ0v) is 38.7. The van der Waals surface area contributed by atoms with Crippen LogP contribution >= 0.6 is 0 Å². The molecular weight excluding hydrogens is 737 g/mol. The Morgan fingerprint density at radius 1 is 0.500 bits per heavy atom. The molecule has 0 spiro atoms. The standard InChI is InChI=1S/C34H44N2O2.C21H28O/c1-7-10-12-14-16-37-33-20-26(5)25(4)18-29(33)21-30(24-36)31-22-34(38-17-15-13-11-8-2)32(19-27(31)6)28(9-3)23-35;1-5-6-7-8-13-22-21-15-18(4)17(3)14-20(21)19-11-9-16(2)10-12-19/h9,18-22H,7-8,10-17H2,1-6H3;9-12,14-15H,5-8,13H2,1-4H3/b28-9+,30-21+;. The van der Waals surface area contributed by atoms with Crippen LogP contribution in [0.3, 0.4) is 0 Å². The summed E-state index contributed by atoms with van der Waals surface area (Å²) in [6, 6.07) is 25.9. The lowest BCUT2D eigenvalue weighted by molar-refractivity contribution is 0.304. The average molecular weight is 809 g/mol. The smallest absolute Gasteiger partial charge is 0.128 e. The third kappa shape index (κ3) is 15.4. The molecule has 4 aromatic rings. The number of aryl methyl sites for hydroxylation is 6. The second kappa shape index (κ2) is 26.8. The van der Waals surface area contributed by atoms with Gasteiger partial charge in [-0.3, -0.25) is 0 Å². The Kier molecular flexibility index (Phi) is 21.9. The van der Waals surface area contributed by atoms with Gasteiger partial charge in [0, 0.05) is 16.7 Å². The molecule has 4 rings (SSSR count). The van der Waals surface area contributed by atoms with E-state index in [1.807, 2.05) is 32.1 Å². The van der Waals surface area contributed by atoms with Gasteiger partial charge in [-0.1, -0.05) is 114 Å². The Morgan fingerprint density at radius 2 is 0.983 bits per heavy atom. The summed E-state index contributed by atoms with van der Waals surface area (Å²) in [5, 5.41) is 19.9. The first-order chi connectivity index (χ1) is 29.0. The number of rotatable bonds is 22. The fraction of sp³-hybridized carbons (Fsp3) is 0.455. The zero-order valence-electron chi connectivity index (χ0n) is 38.7. The van der Waals surface area contributed by atoms with Crippen molar-refractivity contribution >= 4 is 17.2 Å². The minimum absolute atomic E-state index is 0.544. The van der Waals surface area contributed by atoms with Gasteiger partial charge in [0.25, 0.3) is 0 Å². The van der Waals surface area contributed by atoms with Gasteiger partial charge in [-0.15, -0.1) is 0 Å². The third-order valence-corrected chi connectivity index (χ3v) is 11.1. The molecule has 4 aromatic carbocycles. The zero-order chi connectivity index (χ0) is 43.9. The SMILES string of the molecule is C/C=C(\C#N)c1cc(C)c(/C(C#N)=C/c2cc(C)c(C)cc2OCCCCCC)cc1OCCCCCC.CCCCCCOc1cc(C)c(C)cc1-c1ccc(C)cc1. The first-order valence-electron chi connectivity index (χ1n) is 22.5. The van der Waals surface area contributed by atoms with Crippen LogP contribution in [0.15, 0.2) is 66.7 Å². The van der Waals surface area contributed by atoms with Crippen molar-refractivity contribution in [2.75, 3.05) is 19.8 Å². The van der Waals surface area contributed by atoms with Crippen molar-refractivity contribution < 1.29 is 14.2 Å². The molecule has 60 heavy (non-hydrogen) atoms. The van der Waals surface area contributed by atoms with Crippen LogP contribution in [0.5, 0.6) is 17.2 Å². The lowest BCUT2D eigenvalue weighted by Gasteiger charge is -2.16. The molecule has 0 saturated carbocycles. The van der Waals surface area contributed by atoms with Crippen molar-refractivity contribution in [3.8, 4) is 40.5 Å². The summed E-state index contributed by atoms with van der Waals surface area (Å²) in [6.45, 7) is 23.1. The van der Waals surface area contributed by atoms with Crippen molar-refractivity contribution in [2.45, 2.75) is 146 Å². The highest BCUT2D eigenvalue weighted by Gasteiger charge is 2.17. The summed E-state index contributed by atoms with van der Waals surface area (Å²) in [5.74, 6) is 2.47. The second-order valence-corrected chi connectivity index (χ2v) is 16.1. The number of unbranched alkanes of at least 4 members (excludes halogenated alkanes) is 9. The van der Waals surface area contributed by atoms with E-state index in [1.54, 1.807) is 6.08 Å². The van der Waals surface area contributed by atoms with Crippen LogP contribution in [0.1, 0.15) is 155 Å². The normalized spacial score (nSPS) is 11.3. The topological polar surface area (TPSA) is 75.3 Å². The van der Waals surface area contributed by atoms with Crippen molar-refractivity contribution in [2.24, 2.45) is 0 Å². The number of hydrogen-bond acceptors (Lipinski definition) is 5. The number of hydrogen-bond donors (Lipinski definition) is 0. The maximum atomic E-state index is 10.2. The van der Waals surface area contributed by atoms with E-state index in [2.05, 4.69) is 116 Å². The fourth-order valence-electron chi connectivity index (χ4n) is 6.96. The molecule has 0 unspecified atom stereocenters. The molecule has 0 N–H and O–H groups in total. The van der Waals surface area contributed by atoms with Gasteiger partial charge in [0.05, 0.1) is 43.1 Å². The van der Waals surface area contributed by atoms with Crippen LogP contribution in [-0.4, -0.2) is 19.8 Å². The molecule has 320 valence electrons. The highest BCUT2D eigenvalue weighted by molar-refractivity contribution is 5.93. The molecule has 0 saturated heterocycles. The van der Waals surface area contributed by atoms with Crippen LogP contribution in [0, 0.1) is 64.2 Å². The first-order valence-corrected chi connectivity index (χ1v) is 22.5. The summed E-state index contributed by atoms with van der Waals surface area (Å²) in [7, 11) is 0. The molecular formula is C55H72N2O3. The van der Waals surface area contributed by atoms with E-state index in [1.165, 1.54) is 71.9 Å². The Bertz CT molecular complexity index is 2090. The van der Waals surface area contributed by atoms with E-state index in [0.717, 1.165) is 84.4 Å². The summed E-state index contributed by atoms with van der Waals surface area (Å²) in [5.41, 5.74) is 13.2. The van der Waals surface area contributed by atoms with Crippen molar-refractivity contribution in [3.63, 3.8) is 0 Å². The van der Waals surface area contributed by atoms with E-state index in [0.29, 0.717) is 30.1 Å². The average Bonchev–Trinajstić information content (AvgIpc) is 3.24. The van der Waals surface area contributed by atoms with Crippen LogP contribution in [-0.2, 0) is 0 Å². The van der Waals surface area contributed by atoms with Gasteiger partial charge in [-0.25, -0.2) is 0 Å². The number of nitrogens with zero attached hydrogens (tertiary/aromatic N) is 2. The molecule has 0 amide bonds. The molecule has 0 aliphatic heterocycles. The molecule has 0 bridgehead atoms. The highest BCUT2D eigenvalue weighted by Crippen LogP contribution is 2.36. The van der Waals surface area contributed by atoms with Crippen molar-refractivity contribution in [3.05, 3.63) is 117 Å². The summed E-state index contributed by atoms with van der Waals surface area (Å²) < 4.78 is 18.5. The minimum atomic E-state index is 0.544. The Balaban J connectivity index is 0.000000369. The van der Waals surface area contributed by atoms with Crippen molar-refractivity contribution in [1.29, 1.82) is 10.5 Å². The van der Waals surface area contributed by atoms with E-state index in [-0.39, 0.29) is 0 Å². The van der Waals surface area contributed by atoms with Gasteiger partial charge in [-0.05, 0) is 149 Å². The Labute approximate surface area is 364 Å². The molecule has 0 aliphatic carbocycles. The van der Waals surface area contributed by atoms with Gasteiger partial charge < -0.3 is 14.2 Å². The lowest BCUT2D eigenvalue weighted by Crippen LogP contribution is -2.03. The fourth-order valence-corrected chi connectivity index (χ4v) is 6.96. The van der Waals surface area contributed by atoms with Crippen LogP contribution in [0.25, 0.3) is 28.3 Å². The molecule has 0 atom stereocenters. The van der Waals surface area contributed by atoms with Gasteiger partial charge in [0.2, 0.25) is 0 Å². The largest absolute Gasteiger partial charge is 0.493 e. The molecule has 0 aliphatic rings. The summed E-state index contributed by atoms with van der Waals surface area (Å²) >= 11 is 0. The van der Waals surface area contributed by atoms with Gasteiger partial charge in [-0.2, -0.15) is 10.5 Å². The number of ether oxygens (including phenoxy) is 3. The summed E-state index contributed by atoms with van der Waals surface area (Å²) in [4.78, 5) is 0. The maximum Gasteiger partial charge on any atom is 0.128 e. The molecule has 5 heteroatoms. The van der Waals surface area contributed by atoms with Crippen LogP contribution in [0.4, 0.5) is 0 Å². The van der Waals surface area contributed by atoms with Crippen molar-refractivity contribution in [1.82, 2.24) is 0 Å². The third-order valence-electron chi connectivity index (χ3n) is 11.1. The predicted octanol–water partition coefficient (Wildman–Crippen LogP) is 15.8. The minimum Gasteiger partial charge on any atom is -0.493 e. The van der Waals surface area contributed by atoms with Gasteiger partial charge >= 0.3 is 0 Å². The molecule has 0 radical (unpaired) electrons. The lowest BCUT2D eigenvalue weighted by atomic mass is 9.93. The van der Waals surface area contributed by atoms with Crippen LogP contribution < -0.4 is 14.2 Å². The molecule has 0 heterocycles. The van der Waals surface area contributed by atoms with Crippen LogP contribution in [0.2, 0.25) is 0 Å². The van der Waals surface area contributed by atoms with Gasteiger partial charge in [0.15, 0.2) is 0 Å². The van der Waals surface area contributed by atoms with E-state index in [9.17, 15) is 10.5 Å². The van der Waals surface area contributed by atoms with E-state index < -0.39 is 0 Å². The monoisotopic (exact) mass is 809 g/mol. The van der Waals surface area contributed by atoms with Gasteiger partial charge in [0.1, 0.15) is 17.2 Å². The van der Waals surface area contributed by atoms with E-state index >= 15 is 0 Å². The number of benzene rings is 4. The predicted molar refractivity (Wildman–Crippen MR) is 255 cm³/mol. The number of nitriles is 2. The maximum absolute atomic E-state index is 10.2. The quantitative estimate of drug-likeness (QED) is 0.0449. The Hall–Kier alpha value is -5.26. The summed E-state index contributed by atoms with van der Waals surface area (Å²) in [6.07, 6.45) is 17.6. The first kappa shape index (κ1) is 49.1. The molecule has 0 fully saturated rings. The molecule has 0 aromatic heterocycles. The van der Waals surface area contributed by atoms with E-state index in [4.69, 9.17) is 14.2 Å². The Morgan fingerprint density at radius 3 is 1.50 bits per heavy atom. The second-order valence-electron chi connectivity index (χ2n) is 16.1. The number of allylic oxidation sites excluding steroid dienone is 3. The highest BCUT2D eigenvalue weighted by atomic mass is 16.5. The molecule has 5 nitrogen and oxygen atoms in total.